The van der Waals surface area contributed by atoms with Crippen molar-refractivity contribution in [1.82, 2.24) is 0 Å². The van der Waals surface area contributed by atoms with Gasteiger partial charge in [0.15, 0.2) is 0 Å². The maximum absolute atomic E-state index is 11.4. The van der Waals surface area contributed by atoms with E-state index in [9.17, 15) is 14.4 Å². The Kier molecular flexibility index (Phi) is 5.98. The lowest BCUT2D eigenvalue weighted by Crippen LogP contribution is -2.27. The number of rotatable bonds is 6. The Bertz CT molecular complexity index is 567. The van der Waals surface area contributed by atoms with E-state index < -0.39 is 17.2 Å². The summed E-state index contributed by atoms with van der Waals surface area (Å²) in [5.41, 5.74) is 0.933. The molecule has 112 valence electrons. The molecule has 0 aromatic heterocycles. The van der Waals surface area contributed by atoms with Crippen molar-refractivity contribution in [2.75, 3.05) is 12.4 Å². The Morgan fingerprint density at radius 3 is 2.29 bits per heavy atom. The standard InChI is InChI=1S/C14H15NO5S/c1-8(2)12(16)15-9-4-6-10(7-5-9)21-11(13(17)18)14(19)20-3/h4-7,11H,1H2,2-3H3,(H,15,16)(H,17,18). The van der Waals surface area contributed by atoms with Gasteiger partial charge < -0.3 is 15.2 Å². The Morgan fingerprint density at radius 2 is 1.86 bits per heavy atom. The van der Waals surface area contributed by atoms with Crippen LogP contribution in [0.1, 0.15) is 6.92 Å². The van der Waals surface area contributed by atoms with Crippen LogP contribution in [0.4, 0.5) is 5.69 Å². The van der Waals surface area contributed by atoms with Crippen molar-refractivity contribution in [3.05, 3.63) is 36.4 Å². The lowest BCUT2D eigenvalue weighted by Gasteiger charge is -2.10. The number of thioether (sulfide) groups is 1. The molecule has 6 nitrogen and oxygen atoms in total. The molecule has 7 heteroatoms. The molecule has 0 bridgehead atoms. The second-order valence-corrected chi connectivity index (χ2v) is 5.30. The quantitative estimate of drug-likeness (QED) is 0.361. The molecule has 0 saturated heterocycles. The monoisotopic (exact) mass is 309 g/mol. The number of methoxy groups -OCH3 is 1. The molecule has 0 radical (unpaired) electrons. The summed E-state index contributed by atoms with van der Waals surface area (Å²) in [6, 6.07) is 6.44. The van der Waals surface area contributed by atoms with Gasteiger partial charge in [-0.25, -0.2) is 0 Å². The lowest BCUT2D eigenvalue weighted by atomic mass is 10.3. The van der Waals surface area contributed by atoms with Gasteiger partial charge in [-0.3, -0.25) is 14.4 Å². The van der Waals surface area contributed by atoms with E-state index in [1.165, 1.54) is 0 Å². The van der Waals surface area contributed by atoms with Crippen LogP contribution in [0.25, 0.3) is 0 Å². The number of benzene rings is 1. The number of nitrogens with one attached hydrogen (secondary N) is 1. The molecule has 0 spiro atoms. The predicted molar refractivity (Wildman–Crippen MR) is 79.2 cm³/mol. The van der Waals surface area contributed by atoms with Crippen molar-refractivity contribution < 1.29 is 24.2 Å². The highest BCUT2D eigenvalue weighted by molar-refractivity contribution is 8.01. The van der Waals surface area contributed by atoms with E-state index in [1.54, 1.807) is 31.2 Å². The van der Waals surface area contributed by atoms with E-state index in [2.05, 4.69) is 16.6 Å². The zero-order chi connectivity index (χ0) is 16.0. The van der Waals surface area contributed by atoms with E-state index in [1.807, 2.05) is 0 Å². The van der Waals surface area contributed by atoms with E-state index in [-0.39, 0.29) is 5.91 Å². The maximum atomic E-state index is 11.4. The number of anilines is 1. The van der Waals surface area contributed by atoms with Crippen LogP contribution >= 0.6 is 11.8 Å². The fraction of sp³-hybridized carbons (Fsp3) is 0.214. The van der Waals surface area contributed by atoms with E-state index in [0.29, 0.717) is 16.2 Å². The topological polar surface area (TPSA) is 92.7 Å². The molecule has 0 heterocycles. The lowest BCUT2D eigenvalue weighted by molar-refractivity contribution is -0.148. The number of carboxylic acid groups (broad SMARTS) is 1. The van der Waals surface area contributed by atoms with Gasteiger partial charge >= 0.3 is 11.9 Å². The number of carbonyl (C=O) groups excluding carboxylic acids is 2. The first-order valence-electron chi connectivity index (χ1n) is 5.89. The second kappa shape index (κ2) is 7.49. The minimum Gasteiger partial charge on any atom is -0.480 e. The number of carboxylic acids is 1. The highest BCUT2D eigenvalue weighted by Gasteiger charge is 2.28. The number of hydrogen-bond acceptors (Lipinski definition) is 5. The van der Waals surface area contributed by atoms with Crippen molar-refractivity contribution in [2.24, 2.45) is 0 Å². The van der Waals surface area contributed by atoms with E-state index in [0.717, 1.165) is 18.9 Å². The summed E-state index contributed by atoms with van der Waals surface area (Å²) in [5.74, 6) is -2.40. The highest BCUT2D eigenvalue weighted by atomic mass is 32.2. The van der Waals surface area contributed by atoms with Gasteiger partial charge in [0.05, 0.1) is 7.11 Å². The van der Waals surface area contributed by atoms with Gasteiger partial charge in [0.25, 0.3) is 5.91 Å². The van der Waals surface area contributed by atoms with Crippen LogP contribution in [0.15, 0.2) is 41.3 Å². The molecule has 1 aromatic rings. The normalized spacial score (nSPS) is 11.3. The van der Waals surface area contributed by atoms with Crippen LogP contribution in [0, 0.1) is 0 Å². The van der Waals surface area contributed by atoms with Crippen molar-refractivity contribution >= 4 is 35.3 Å². The molecule has 0 aliphatic rings. The van der Waals surface area contributed by atoms with Crippen molar-refractivity contribution in [3.8, 4) is 0 Å². The largest absolute Gasteiger partial charge is 0.480 e. The fourth-order valence-electron chi connectivity index (χ4n) is 1.30. The molecule has 21 heavy (non-hydrogen) atoms. The first-order chi connectivity index (χ1) is 9.85. The third kappa shape index (κ3) is 4.96. The van der Waals surface area contributed by atoms with Gasteiger partial charge in [0.1, 0.15) is 0 Å². The summed E-state index contributed by atoms with van der Waals surface area (Å²) in [6.07, 6.45) is 0. The summed E-state index contributed by atoms with van der Waals surface area (Å²) >= 11 is 0.859. The van der Waals surface area contributed by atoms with Crippen molar-refractivity contribution in [3.63, 3.8) is 0 Å². The molecule has 0 aliphatic heterocycles. The number of esters is 1. The van der Waals surface area contributed by atoms with Crippen LogP contribution in [-0.2, 0) is 19.1 Å². The number of ether oxygens (including phenoxy) is 1. The zero-order valence-corrected chi connectivity index (χ0v) is 12.4. The Labute approximate surface area is 126 Å². The SMILES string of the molecule is C=C(C)C(=O)Nc1ccc(SC(C(=O)O)C(=O)OC)cc1. The number of carbonyl (C=O) groups is 3. The molecule has 2 N–H and O–H groups in total. The maximum Gasteiger partial charge on any atom is 0.330 e. The van der Waals surface area contributed by atoms with Crippen LogP contribution in [-0.4, -0.2) is 35.3 Å². The molecular formula is C14H15NO5S. The summed E-state index contributed by atoms with van der Waals surface area (Å²) in [5, 5.41) is 10.3. The minimum atomic E-state index is -1.33. The molecule has 1 atom stereocenters. The molecule has 0 saturated carbocycles. The van der Waals surface area contributed by atoms with Gasteiger partial charge in [-0.1, -0.05) is 18.3 Å². The average molecular weight is 309 g/mol. The molecule has 0 aliphatic carbocycles. The Hall–Kier alpha value is -2.28. The van der Waals surface area contributed by atoms with E-state index in [4.69, 9.17) is 5.11 Å². The van der Waals surface area contributed by atoms with Crippen LogP contribution in [0.2, 0.25) is 0 Å². The molecule has 1 amide bonds. The molecule has 1 aromatic carbocycles. The molecular weight excluding hydrogens is 294 g/mol. The zero-order valence-electron chi connectivity index (χ0n) is 11.6. The van der Waals surface area contributed by atoms with Gasteiger partial charge in [-0.05, 0) is 31.2 Å². The third-order valence-corrected chi connectivity index (χ3v) is 3.57. The summed E-state index contributed by atoms with van der Waals surface area (Å²) in [4.78, 5) is 34.4. The summed E-state index contributed by atoms with van der Waals surface area (Å²) in [7, 11) is 1.13. The second-order valence-electron chi connectivity index (χ2n) is 4.12. The third-order valence-electron chi connectivity index (χ3n) is 2.39. The predicted octanol–water partition coefficient (Wildman–Crippen LogP) is 1.92. The van der Waals surface area contributed by atoms with Gasteiger partial charge in [0, 0.05) is 16.2 Å². The Morgan fingerprint density at radius 1 is 1.29 bits per heavy atom. The van der Waals surface area contributed by atoms with Crippen LogP contribution < -0.4 is 5.32 Å². The summed E-state index contributed by atoms with van der Waals surface area (Å²) in [6.45, 7) is 5.11. The smallest absolute Gasteiger partial charge is 0.330 e. The molecule has 1 unspecified atom stereocenters. The first-order valence-corrected chi connectivity index (χ1v) is 6.77. The average Bonchev–Trinajstić information content (AvgIpc) is 2.45. The Balaban J connectivity index is 2.78. The molecule has 1 rings (SSSR count). The number of hydrogen-bond donors (Lipinski definition) is 2. The highest BCUT2D eigenvalue weighted by Crippen LogP contribution is 2.26. The summed E-state index contributed by atoms with van der Waals surface area (Å²) < 4.78 is 4.44. The van der Waals surface area contributed by atoms with Gasteiger partial charge in [-0.2, -0.15) is 0 Å². The number of aliphatic carboxylic acids is 1. The first kappa shape index (κ1) is 16.8. The van der Waals surface area contributed by atoms with Crippen molar-refractivity contribution in [2.45, 2.75) is 17.1 Å². The van der Waals surface area contributed by atoms with Gasteiger partial charge in [-0.15, -0.1) is 0 Å². The minimum absolute atomic E-state index is 0.298. The van der Waals surface area contributed by atoms with E-state index >= 15 is 0 Å². The van der Waals surface area contributed by atoms with Crippen LogP contribution in [0.5, 0.6) is 0 Å². The molecule has 0 fully saturated rings. The van der Waals surface area contributed by atoms with Crippen molar-refractivity contribution in [1.29, 1.82) is 0 Å². The number of amides is 1. The fourth-order valence-corrected chi connectivity index (χ4v) is 2.16. The van der Waals surface area contributed by atoms with Crippen LogP contribution in [0.3, 0.4) is 0 Å². The van der Waals surface area contributed by atoms with Gasteiger partial charge in [0.2, 0.25) is 5.25 Å².